The first-order valence-electron chi connectivity index (χ1n) is 33.2. The Labute approximate surface area is 568 Å². The van der Waals surface area contributed by atoms with Crippen LogP contribution in [-0.2, 0) is 25.7 Å². The van der Waals surface area contributed by atoms with Crippen LogP contribution in [0.15, 0.2) is 120 Å². The van der Waals surface area contributed by atoms with E-state index < -0.39 is 0 Å². The van der Waals surface area contributed by atoms with Gasteiger partial charge in [0, 0.05) is 113 Å². The molecule has 0 radical (unpaired) electrons. The van der Waals surface area contributed by atoms with Crippen molar-refractivity contribution in [3.8, 4) is 52.5 Å². The summed E-state index contributed by atoms with van der Waals surface area (Å²) in [6.07, 6.45) is 26.3. The number of hydrogen-bond donors (Lipinski definition) is 0. The normalized spacial score (nSPS) is 15.5. The second kappa shape index (κ2) is 30.6. The molecule has 11 rings (SSSR count). The molecule has 9 aromatic rings. The van der Waals surface area contributed by atoms with Crippen LogP contribution in [0.3, 0.4) is 0 Å². The molecule has 92 heavy (non-hydrogen) atoms. The van der Waals surface area contributed by atoms with Crippen LogP contribution in [0, 0.1) is 47.6 Å². The summed E-state index contributed by atoms with van der Waals surface area (Å²) in [6, 6.07) is 38.1. The molecule has 0 N–H and O–H groups in total. The summed E-state index contributed by atoms with van der Waals surface area (Å²) in [4.78, 5) is 48.1. The Balaban J connectivity index is 1.16. The van der Waals surface area contributed by atoms with Gasteiger partial charge in [-0.2, -0.15) is 0 Å². The third-order valence-corrected chi connectivity index (χ3v) is 25.6. The fourth-order valence-electron chi connectivity index (χ4n) is 13.4. The molecule has 3 aromatic carbocycles. The molecule has 12 heteroatoms. The fraction of sp³-hybridized carbons (Fsp3) is 0.350. The quantitative estimate of drug-likeness (QED) is 0.0211. The number of hydrogen-bond acceptors (Lipinski definition) is 10. The molecule has 0 spiro atoms. The molecule has 0 saturated carbocycles. The first-order chi connectivity index (χ1) is 45.0. The largest absolute Gasteiger partial charge is 0.289 e. The molecular weight excluding hydrogens is 1240 g/mol. The van der Waals surface area contributed by atoms with Gasteiger partial charge in [0.25, 0.3) is 11.4 Å². The minimum atomic E-state index is -0.162. The zero-order valence-electron chi connectivity index (χ0n) is 53.7. The van der Waals surface area contributed by atoms with Crippen molar-refractivity contribution in [2.24, 2.45) is 11.8 Å². The van der Waals surface area contributed by atoms with E-state index in [4.69, 9.17) is 13.1 Å². The van der Waals surface area contributed by atoms with Gasteiger partial charge in [0.2, 0.25) is 0 Å². The molecule has 2 unspecified atom stereocenters. The van der Waals surface area contributed by atoms with Crippen molar-refractivity contribution < 1.29 is 9.59 Å². The number of nitrogens with zero attached hydrogens (tertiary/aromatic N) is 4. The molecule has 0 aliphatic heterocycles. The Morgan fingerprint density at radius 2 is 0.880 bits per heavy atom. The molecule has 0 amide bonds. The molecule has 2 aliphatic carbocycles. The molecule has 0 fully saturated rings. The first kappa shape index (κ1) is 66.1. The van der Waals surface area contributed by atoms with Crippen LogP contribution in [0.25, 0.3) is 93.6 Å². The van der Waals surface area contributed by atoms with Crippen molar-refractivity contribution in [1.29, 1.82) is 10.5 Å². The van der Waals surface area contributed by atoms with Crippen molar-refractivity contribution in [3.05, 3.63) is 195 Å². The Bertz CT molecular complexity index is 4190. The summed E-state index contributed by atoms with van der Waals surface area (Å²) in [5.74, 6) is 0.910. The maximum Gasteiger partial charge on any atom is 0.270 e. The van der Waals surface area contributed by atoms with E-state index in [9.17, 15) is 20.1 Å². The average molecular weight is 1320 g/mol. The maximum absolute atomic E-state index is 14.4. The number of carbonyl (C=O) groups is 2. The average Bonchev–Trinajstić information content (AvgIpc) is 1.56. The summed E-state index contributed by atoms with van der Waals surface area (Å²) < 4.78 is 2.52. The second-order valence-electron chi connectivity index (χ2n) is 24.6. The van der Waals surface area contributed by atoms with E-state index in [0.717, 1.165) is 99.6 Å². The van der Waals surface area contributed by atoms with Gasteiger partial charge in [0.05, 0.1) is 25.3 Å². The standard InChI is InChI=1S/C80H78N4O2S6/c1-9-15-19-21-29-51-41-55(43-61-71(65(47-81)83-7)57-31-23-25-33-59(57)75(61)85)89-77(51)69-45-63-73(67-37-35-53(87-67)39-49(13-5)27-17-11-3)80-64(74(79(63)91-69)68-38-36-54(88-68)40-50(14-6)28-18-12-4)46-70(92-80)78-52(30-22-20-16-10-2)42-56(90-78)44-62-72(66(48-82)84-8)58-32-24-26-34-60(58)76(62)86/h23-26,31-38,41-46,49-50H,9-22,27-30,39-40H2,1-6H3/b61-43-,62-44-,71-65-,72-66+. The second-order valence-corrected chi connectivity index (χ2v) is 31.2. The maximum atomic E-state index is 14.4. The molecule has 2 aliphatic rings. The van der Waals surface area contributed by atoms with Gasteiger partial charge in [-0.15, -0.1) is 68.0 Å². The lowest BCUT2D eigenvalue weighted by atomic mass is 9.95. The summed E-state index contributed by atoms with van der Waals surface area (Å²) in [6.45, 7) is 29.8. The van der Waals surface area contributed by atoms with Crippen LogP contribution in [-0.4, -0.2) is 11.6 Å². The van der Waals surface area contributed by atoms with Gasteiger partial charge in [-0.05, 0) is 133 Å². The molecule has 0 saturated heterocycles. The molecular formula is C80H78N4O2S6. The van der Waals surface area contributed by atoms with E-state index in [1.807, 2.05) is 93.9 Å². The van der Waals surface area contributed by atoms with Crippen LogP contribution in [0.1, 0.15) is 207 Å². The highest BCUT2D eigenvalue weighted by atomic mass is 32.1. The number of thiophene rings is 6. The van der Waals surface area contributed by atoms with Crippen molar-refractivity contribution in [1.82, 2.24) is 0 Å². The first-order valence-corrected chi connectivity index (χ1v) is 38.1. The topological polar surface area (TPSA) is 90.4 Å². The number of fused-ring (bicyclic) bond motifs is 4. The van der Waals surface area contributed by atoms with E-state index >= 15 is 0 Å². The van der Waals surface area contributed by atoms with Crippen LogP contribution < -0.4 is 0 Å². The molecule has 6 nitrogen and oxygen atoms in total. The van der Waals surface area contributed by atoms with Gasteiger partial charge in [0.15, 0.2) is 11.6 Å². The molecule has 2 atom stereocenters. The number of Topliss-reactive ketones (excluding diaryl/α,β-unsaturated/α-hetero) is 2. The minimum Gasteiger partial charge on any atom is -0.289 e. The van der Waals surface area contributed by atoms with Crippen molar-refractivity contribution >= 4 is 123 Å². The highest BCUT2D eigenvalue weighted by molar-refractivity contribution is 7.29. The third kappa shape index (κ3) is 13.7. The van der Waals surface area contributed by atoms with E-state index in [2.05, 4.69) is 112 Å². The van der Waals surface area contributed by atoms with Crippen LogP contribution in [0.5, 0.6) is 0 Å². The molecule has 6 aromatic heterocycles. The lowest BCUT2D eigenvalue weighted by Gasteiger charge is -2.13. The lowest BCUT2D eigenvalue weighted by Crippen LogP contribution is -2.01. The van der Waals surface area contributed by atoms with E-state index in [-0.39, 0.29) is 23.0 Å². The Morgan fingerprint density at radius 1 is 0.478 bits per heavy atom. The van der Waals surface area contributed by atoms with E-state index in [0.29, 0.717) is 56.4 Å². The Kier molecular flexibility index (Phi) is 22.0. The number of nitriles is 2. The Morgan fingerprint density at radius 3 is 1.25 bits per heavy atom. The van der Waals surface area contributed by atoms with Crippen molar-refractivity contribution in [2.45, 2.75) is 170 Å². The minimum absolute atomic E-state index is 0.0735. The molecule has 466 valence electrons. The van der Waals surface area contributed by atoms with Crippen LogP contribution >= 0.6 is 68.0 Å². The summed E-state index contributed by atoms with van der Waals surface area (Å²) >= 11 is 11.1. The monoisotopic (exact) mass is 1320 g/mol. The Hall–Kier alpha value is -7.36. The van der Waals surface area contributed by atoms with Gasteiger partial charge in [0.1, 0.15) is 0 Å². The zero-order chi connectivity index (χ0) is 64.4. The van der Waals surface area contributed by atoms with Crippen LogP contribution in [0.2, 0.25) is 0 Å². The lowest BCUT2D eigenvalue weighted by molar-refractivity contribution is 0.103. The zero-order valence-corrected chi connectivity index (χ0v) is 58.6. The van der Waals surface area contributed by atoms with Gasteiger partial charge >= 0.3 is 0 Å². The molecule has 0 bridgehead atoms. The highest BCUT2D eigenvalue weighted by Gasteiger charge is 2.35. The van der Waals surface area contributed by atoms with Gasteiger partial charge in [-0.25, -0.2) is 20.2 Å². The third-order valence-electron chi connectivity index (χ3n) is 18.4. The number of benzene rings is 3. The number of allylic oxidation sites excluding steroid dienone is 6. The van der Waals surface area contributed by atoms with E-state index in [1.54, 1.807) is 34.8 Å². The van der Waals surface area contributed by atoms with Crippen molar-refractivity contribution in [2.75, 3.05) is 0 Å². The fourth-order valence-corrected chi connectivity index (χ4v) is 21.0. The SMILES string of the molecule is [C-]#[N+]/C(C#N)=C1\C(=C\c2cc(CCCCCC)c(-c3cc4c(-c5ccc(CC(CC)CCCC)s5)c5sc(-c6sc(/C=C7\C(=O)c8ccccc8\C7=C(\C#N)[N+]#[C-])cc6CCCCCC)cc5c(-c5ccc(CC(CC)CCCC)s5)c4s3)s2)C(=O)c2ccccc21. The number of rotatable bonds is 28. The summed E-state index contributed by atoms with van der Waals surface area (Å²) in [5.41, 5.74) is 8.83. The van der Waals surface area contributed by atoms with E-state index in [1.165, 1.54) is 120 Å². The predicted octanol–water partition coefficient (Wildman–Crippen LogP) is 25.7. The number of carbonyl (C=O) groups excluding carboxylic acids is 2. The highest BCUT2D eigenvalue weighted by Crippen LogP contribution is 2.57. The number of unbranched alkanes of at least 4 members (excludes halogenated alkanes) is 8. The van der Waals surface area contributed by atoms with Gasteiger partial charge in [-0.3, -0.25) is 9.59 Å². The number of aryl methyl sites for hydroxylation is 2. The van der Waals surface area contributed by atoms with Gasteiger partial charge in [-0.1, -0.05) is 180 Å². The van der Waals surface area contributed by atoms with Gasteiger partial charge < -0.3 is 0 Å². The summed E-state index contributed by atoms with van der Waals surface area (Å²) in [5, 5.41) is 23.1. The van der Waals surface area contributed by atoms with Crippen LogP contribution in [0.4, 0.5) is 0 Å². The summed E-state index contributed by atoms with van der Waals surface area (Å²) in [7, 11) is 0. The number of ketones is 2. The smallest absolute Gasteiger partial charge is 0.270 e. The molecule has 6 heterocycles. The predicted molar refractivity (Wildman–Crippen MR) is 396 cm³/mol. The van der Waals surface area contributed by atoms with Crippen molar-refractivity contribution in [3.63, 3.8) is 0 Å².